The van der Waals surface area contributed by atoms with Crippen LogP contribution in [0, 0.1) is 0 Å². The van der Waals surface area contributed by atoms with Crippen LogP contribution in [0.25, 0.3) is 101 Å². The minimum absolute atomic E-state index is 0. The molecule has 54 heavy (non-hydrogen) atoms. The first-order valence-corrected chi connectivity index (χ1v) is 18.3. The molecule has 0 spiro atoms. The molecule has 8 bridgehead atoms. The summed E-state index contributed by atoms with van der Waals surface area (Å²) in [6.45, 7) is 0. The van der Waals surface area contributed by atoms with Crippen LogP contribution in [0.5, 0.6) is 0 Å². The Morgan fingerprint density at radius 2 is 0.926 bits per heavy atom. The van der Waals surface area contributed by atoms with Crippen molar-refractivity contribution in [3.05, 3.63) is 153 Å². The van der Waals surface area contributed by atoms with Crippen molar-refractivity contribution >= 4 is 102 Å². The van der Waals surface area contributed by atoms with E-state index in [1.807, 2.05) is 127 Å². The van der Waals surface area contributed by atoms with E-state index < -0.39 is 0 Å². The molecule has 10 heteroatoms. The number of hydrogen-bond donors (Lipinski definition) is 1. The summed E-state index contributed by atoms with van der Waals surface area (Å²) in [4.78, 5) is 24.9. The molecule has 10 rings (SSSR count). The van der Waals surface area contributed by atoms with Gasteiger partial charge < -0.3 is 15.0 Å². The van der Waals surface area contributed by atoms with Gasteiger partial charge in [-0.2, -0.15) is 0 Å². The van der Waals surface area contributed by atoms with Gasteiger partial charge in [-0.25, -0.2) is 9.97 Å². The number of aromatic amines is 1. The molecular weight excluding hydrogens is 799 g/mol. The Labute approximate surface area is 339 Å². The molecular formula is C44H23Cl4N5Ni. The fraction of sp³-hybridized carbons (Fsp3) is 0. The molecule has 4 aromatic carbocycles. The predicted molar refractivity (Wildman–Crippen MR) is 221 cm³/mol. The van der Waals surface area contributed by atoms with Crippen molar-refractivity contribution in [3.8, 4) is 44.8 Å². The quantitative estimate of drug-likeness (QED) is 0.180. The number of H-pyrrole nitrogens is 1. The van der Waals surface area contributed by atoms with Crippen LogP contribution in [0.15, 0.2) is 121 Å². The number of hydrogen-bond acceptors (Lipinski definition) is 2. The van der Waals surface area contributed by atoms with E-state index in [1.165, 1.54) is 0 Å². The second-order valence-electron chi connectivity index (χ2n) is 12.9. The van der Waals surface area contributed by atoms with E-state index in [-0.39, 0.29) is 16.5 Å². The molecule has 1 N–H and O–H groups in total. The molecule has 0 aliphatic carbocycles. The van der Waals surface area contributed by atoms with E-state index in [0.29, 0.717) is 20.1 Å². The van der Waals surface area contributed by atoms with E-state index in [9.17, 15) is 0 Å². The number of rotatable bonds is 3. The maximum atomic E-state index is 6.55. The number of fused-ring (bicyclic) bond motifs is 10. The van der Waals surface area contributed by atoms with Crippen LogP contribution < -0.4 is 9.97 Å². The first-order valence-electron chi connectivity index (χ1n) is 16.8. The third kappa shape index (κ3) is 5.96. The van der Waals surface area contributed by atoms with Crippen molar-refractivity contribution in [1.29, 1.82) is 0 Å². The Balaban J connectivity index is 0.00000384. The predicted octanol–water partition coefficient (Wildman–Crippen LogP) is 13.2. The largest absolute Gasteiger partial charge is 2.00 e. The molecule has 5 nitrogen and oxygen atoms in total. The van der Waals surface area contributed by atoms with Crippen LogP contribution in [0.4, 0.5) is 0 Å². The zero-order valence-corrected chi connectivity index (χ0v) is 31.8. The van der Waals surface area contributed by atoms with Gasteiger partial charge in [0.15, 0.2) is 0 Å². The molecule has 0 unspecified atom stereocenters. The first-order chi connectivity index (χ1) is 25.9. The van der Waals surface area contributed by atoms with E-state index in [4.69, 9.17) is 66.3 Å². The van der Waals surface area contributed by atoms with Crippen LogP contribution >= 0.6 is 46.4 Å². The molecule has 0 saturated carbocycles. The Morgan fingerprint density at radius 1 is 0.463 bits per heavy atom. The van der Waals surface area contributed by atoms with Gasteiger partial charge in [-0.15, -0.1) is 22.1 Å². The normalized spacial score (nSPS) is 11.9. The second kappa shape index (κ2) is 13.7. The summed E-state index contributed by atoms with van der Waals surface area (Å²) in [7, 11) is 0. The maximum absolute atomic E-state index is 6.55. The summed E-state index contributed by atoms with van der Waals surface area (Å²) in [6.07, 6.45) is 4.07. The molecule has 3 aliphatic heterocycles. The van der Waals surface area contributed by atoms with Crippen LogP contribution in [0.3, 0.4) is 0 Å². The Hall–Kier alpha value is -5.07. The zero-order chi connectivity index (χ0) is 35.8. The van der Waals surface area contributed by atoms with Crippen molar-refractivity contribution in [2.24, 2.45) is 0 Å². The fourth-order valence-electron chi connectivity index (χ4n) is 7.25. The SMILES string of the molecule is Clc1ccc(-c2c3nc(c(-c4ccc(Cl)cc4)c4ccc([n-]4)c4c5nc(cc-5[nH]c5cc(Cl)ccc54)c(-c4ccc(Cl)cc4)c4ccc2[n-]4)C=C3)cc1.[Ni+2]. The number of nitrogens with one attached hydrogen (secondary N) is 1. The molecule has 6 heterocycles. The molecule has 0 saturated heterocycles. The van der Waals surface area contributed by atoms with Crippen molar-refractivity contribution in [1.82, 2.24) is 24.9 Å². The number of benzene rings is 4. The van der Waals surface area contributed by atoms with Crippen LogP contribution in [-0.4, -0.2) is 15.0 Å². The van der Waals surface area contributed by atoms with Gasteiger partial charge in [0.05, 0.1) is 28.3 Å². The summed E-state index contributed by atoms with van der Waals surface area (Å²) in [5.74, 6) is 0. The second-order valence-corrected chi connectivity index (χ2v) is 14.6. The summed E-state index contributed by atoms with van der Waals surface area (Å²) in [6, 6.07) is 39.4. The van der Waals surface area contributed by atoms with Gasteiger partial charge in [-0.05, 0) is 106 Å². The van der Waals surface area contributed by atoms with Gasteiger partial charge in [0.2, 0.25) is 0 Å². The van der Waals surface area contributed by atoms with Crippen molar-refractivity contribution in [2.45, 2.75) is 0 Å². The monoisotopic (exact) mass is 819 g/mol. The number of aromatic nitrogens is 5. The van der Waals surface area contributed by atoms with Crippen molar-refractivity contribution in [3.63, 3.8) is 0 Å². The minimum Gasteiger partial charge on any atom is -0.657 e. The van der Waals surface area contributed by atoms with Gasteiger partial charge in [0.1, 0.15) is 0 Å². The Morgan fingerprint density at radius 3 is 1.48 bits per heavy atom. The van der Waals surface area contributed by atoms with E-state index in [2.05, 4.69) is 11.1 Å². The van der Waals surface area contributed by atoms with Gasteiger partial charge in [-0.3, -0.25) is 0 Å². The van der Waals surface area contributed by atoms with Crippen molar-refractivity contribution in [2.75, 3.05) is 0 Å². The van der Waals surface area contributed by atoms with Gasteiger partial charge >= 0.3 is 16.5 Å². The summed E-state index contributed by atoms with van der Waals surface area (Å²) in [5, 5.41) is 4.40. The summed E-state index contributed by atoms with van der Waals surface area (Å²) >= 11 is 25.7. The molecule has 0 amide bonds. The molecule has 0 atom stereocenters. The van der Waals surface area contributed by atoms with E-state index in [1.54, 1.807) is 0 Å². The van der Waals surface area contributed by atoms with Gasteiger partial charge in [0, 0.05) is 31.0 Å². The zero-order valence-electron chi connectivity index (χ0n) is 27.8. The molecule has 262 valence electrons. The minimum atomic E-state index is 0. The number of halogens is 4. The van der Waals surface area contributed by atoms with E-state index in [0.717, 1.165) is 100 Å². The third-order valence-corrected chi connectivity index (χ3v) is 10.6. The van der Waals surface area contributed by atoms with Crippen LogP contribution in [0.2, 0.25) is 20.1 Å². The number of pyridine rings is 1. The van der Waals surface area contributed by atoms with E-state index >= 15 is 0 Å². The summed E-state index contributed by atoms with van der Waals surface area (Å²) < 4.78 is 0. The average molecular weight is 822 g/mol. The Bertz CT molecular complexity index is 3030. The van der Waals surface area contributed by atoms with Gasteiger partial charge in [-0.1, -0.05) is 113 Å². The van der Waals surface area contributed by atoms with Crippen LogP contribution in [-0.2, 0) is 16.5 Å². The van der Waals surface area contributed by atoms with Crippen LogP contribution in [0.1, 0.15) is 11.4 Å². The summed E-state index contributed by atoms with van der Waals surface area (Å²) in [5.41, 5.74) is 13.2. The van der Waals surface area contributed by atoms with Crippen molar-refractivity contribution < 1.29 is 16.5 Å². The fourth-order valence-corrected chi connectivity index (χ4v) is 7.80. The molecule has 0 radical (unpaired) electrons. The first kappa shape index (κ1) is 34.7. The average Bonchev–Trinajstić information content (AvgIpc) is 3.99. The molecule has 3 aromatic heterocycles. The topological polar surface area (TPSA) is 69.8 Å². The smallest absolute Gasteiger partial charge is 0.657 e. The van der Waals surface area contributed by atoms with Gasteiger partial charge in [0.25, 0.3) is 0 Å². The number of nitrogens with zero attached hydrogens (tertiary/aromatic N) is 4. The molecule has 3 aliphatic rings. The standard InChI is InChI=1S/C44H23Cl4N5.Ni/c45-26-7-1-23(2-8-26)40-31-15-16-32(49-31)41(24-3-9-27(46)10-4-24)34-19-20-36(51-34)43-30-14-13-29(48)21-37(30)52-39-22-38(53-44(39)43)42(35-18-17-33(40)50-35)25-5-11-28(47)12-6-25;/h1-22,52H;/q-2;+2. The maximum Gasteiger partial charge on any atom is 2.00 e. The Kier molecular flexibility index (Phi) is 8.77. The molecule has 7 aromatic rings. The molecule has 0 fully saturated rings. The third-order valence-electron chi connectivity index (χ3n) is 9.64.